The number of anilines is 1. The van der Waals surface area contributed by atoms with E-state index in [1.807, 2.05) is 5.48 Å². The Morgan fingerprint density at radius 1 is 1.04 bits per heavy atom. The third kappa shape index (κ3) is 4.98. The van der Waals surface area contributed by atoms with E-state index in [0.717, 1.165) is 10.9 Å². The summed E-state index contributed by atoms with van der Waals surface area (Å²) in [5.74, 6) is -3.82. The van der Waals surface area contributed by atoms with Crippen LogP contribution in [0.5, 0.6) is 0 Å². The summed E-state index contributed by atoms with van der Waals surface area (Å²) in [5.41, 5.74) is 2.07. The Balaban J connectivity index is 2.30. The molecule has 0 unspecified atom stereocenters. The van der Waals surface area contributed by atoms with Crippen molar-refractivity contribution in [3.8, 4) is 0 Å². The fraction of sp³-hybridized carbons (Fsp3) is 0.235. The summed E-state index contributed by atoms with van der Waals surface area (Å²) in [7, 11) is 0. The van der Waals surface area contributed by atoms with E-state index in [-0.39, 0.29) is 24.6 Å². The third-order valence-electron chi connectivity index (χ3n) is 3.19. The van der Waals surface area contributed by atoms with Gasteiger partial charge in [-0.3, -0.25) is 19.2 Å². The highest BCUT2D eigenvalue weighted by molar-refractivity contribution is 6.39. The lowest BCUT2D eigenvalue weighted by molar-refractivity contribution is -0.144. The molecule has 1 heterocycles. The molecule has 0 atom stereocenters. The molecule has 2 rings (SSSR count). The van der Waals surface area contributed by atoms with Gasteiger partial charge in [-0.1, -0.05) is 18.2 Å². The molecule has 0 aliphatic heterocycles. The van der Waals surface area contributed by atoms with E-state index in [1.54, 1.807) is 44.2 Å². The number of nitrogens with one attached hydrogen (secondary N) is 2. The predicted molar refractivity (Wildman–Crippen MR) is 92.8 cm³/mol. The zero-order valence-electron chi connectivity index (χ0n) is 14.7. The number of aromatic nitrogens is 2. The lowest BCUT2D eigenvalue weighted by atomic mass is 10.2. The molecule has 1 aromatic heterocycles. The van der Waals surface area contributed by atoms with E-state index in [4.69, 9.17) is 4.74 Å². The first-order valence-corrected chi connectivity index (χ1v) is 8.07. The SMILES string of the molecule is CCONC(=O)C(=O)Nc1nn(C(=O)c2ccccc2)cc1C(=O)OCC. The summed E-state index contributed by atoms with van der Waals surface area (Å²) in [5, 5.41) is 6.08. The van der Waals surface area contributed by atoms with Crippen molar-refractivity contribution in [1.29, 1.82) is 0 Å². The van der Waals surface area contributed by atoms with Crippen molar-refractivity contribution in [3.05, 3.63) is 47.7 Å². The van der Waals surface area contributed by atoms with Crippen molar-refractivity contribution >= 4 is 29.5 Å². The molecule has 2 amide bonds. The molecule has 0 spiro atoms. The Labute approximate surface area is 154 Å². The molecule has 0 aliphatic carbocycles. The average molecular weight is 374 g/mol. The smallest absolute Gasteiger partial charge is 0.343 e. The zero-order valence-corrected chi connectivity index (χ0v) is 14.7. The molecule has 0 saturated heterocycles. The van der Waals surface area contributed by atoms with Crippen LogP contribution in [0.25, 0.3) is 0 Å². The minimum atomic E-state index is -1.12. The molecule has 0 bridgehead atoms. The van der Waals surface area contributed by atoms with Crippen LogP contribution in [-0.4, -0.2) is 46.7 Å². The number of nitrogens with zero attached hydrogens (tertiary/aromatic N) is 2. The minimum Gasteiger partial charge on any atom is -0.462 e. The first-order chi connectivity index (χ1) is 13.0. The molecular weight excluding hydrogens is 356 g/mol. The van der Waals surface area contributed by atoms with Gasteiger partial charge >= 0.3 is 17.8 Å². The van der Waals surface area contributed by atoms with Gasteiger partial charge in [0.1, 0.15) is 5.56 Å². The lowest BCUT2D eigenvalue weighted by Crippen LogP contribution is -2.35. The monoisotopic (exact) mass is 374 g/mol. The van der Waals surface area contributed by atoms with Crippen molar-refractivity contribution in [2.45, 2.75) is 13.8 Å². The van der Waals surface area contributed by atoms with Gasteiger partial charge in [0.05, 0.1) is 19.4 Å². The van der Waals surface area contributed by atoms with Crippen LogP contribution in [-0.2, 0) is 19.2 Å². The van der Waals surface area contributed by atoms with Gasteiger partial charge in [-0.05, 0) is 26.0 Å². The molecule has 0 radical (unpaired) electrons. The number of esters is 1. The Morgan fingerprint density at radius 3 is 2.37 bits per heavy atom. The van der Waals surface area contributed by atoms with Crippen LogP contribution in [0.4, 0.5) is 5.82 Å². The van der Waals surface area contributed by atoms with Gasteiger partial charge in [-0.2, -0.15) is 0 Å². The van der Waals surface area contributed by atoms with Crippen LogP contribution in [0.2, 0.25) is 0 Å². The van der Waals surface area contributed by atoms with Gasteiger partial charge < -0.3 is 10.1 Å². The van der Waals surface area contributed by atoms with E-state index in [1.165, 1.54) is 0 Å². The summed E-state index contributed by atoms with van der Waals surface area (Å²) >= 11 is 0. The van der Waals surface area contributed by atoms with Crippen LogP contribution in [0.1, 0.15) is 34.6 Å². The summed E-state index contributed by atoms with van der Waals surface area (Å²) < 4.78 is 5.78. The topological polar surface area (TPSA) is 129 Å². The first kappa shape index (κ1) is 19.8. The largest absolute Gasteiger partial charge is 0.462 e. The number of hydrogen-bond donors (Lipinski definition) is 2. The van der Waals surface area contributed by atoms with Gasteiger partial charge in [0, 0.05) is 5.56 Å². The Kier molecular flexibility index (Phi) is 6.78. The Hall–Kier alpha value is -3.53. The van der Waals surface area contributed by atoms with Crippen molar-refractivity contribution in [2.24, 2.45) is 0 Å². The van der Waals surface area contributed by atoms with Crippen LogP contribution >= 0.6 is 0 Å². The van der Waals surface area contributed by atoms with Gasteiger partial charge in [0.25, 0.3) is 5.91 Å². The number of amides is 2. The van der Waals surface area contributed by atoms with E-state index < -0.39 is 23.7 Å². The Bertz CT molecular complexity index is 846. The molecule has 10 heteroatoms. The number of ether oxygens (including phenoxy) is 1. The first-order valence-electron chi connectivity index (χ1n) is 8.07. The second kappa shape index (κ2) is 9.25. The second-order valence-electron chi connectivity index (χ2n) is 5.05. The third-order valence-corrected chi connectivity index (χ3v) is 3.19. The molecule has 0 fully saturated rings. The lowest BCUT2D eigenvalue weighted by Gasteiger charge is -2.05. The highest BCUT2D eigenvalue weighted by atomic mass is 16.6. The fourth-order valence-electron chi connectivity index (χ4n) is 1.99. The molecule has 0 saturated carbocycles. The molecular formula is C17H18N4O6. The number of carbonyl (C=O) groups excluding carboxylic acids is 4. The number of hydroxylamine groups is 1. The van der Waals surface area contributed by atoms with Crippen molar-refractivity contribution in [2.75, 3.05) is 18.5 Å². The molecule has 27 heavy (non-hydrogen) atoms. The maximum absolute atomic E-state index is 12.5. The molecule has 2 N–H and O–H groups in total. The molecule has 10 nitrogen and oxygen atoms in total. The van der Waals surface area contributed by atoms with Crippen LogP contribution in [0.15, 0.2) is 36.5 Å². The van der Waals surface area contributed by atoms with E-state index in [9.17, 15) is 19.2 Å². The Morgan fingerprint density at radius 2 is 1.74 bits per heavy atom. The maximum Gasteiger partial charge on any atom is 0.343 e. The minimum absolute atomic E-state index is 0.0782. The highest BCUT2D eigenvalue weighted by Gasteiger charge is 2.24. The summed E-state index contributed by atoms with van der Waals surface area (Å²) in [6.45, 7) is 3.46. The predicted octanol–water partition coefficient (Wildman–Crippen LogP) is 0.754. The number of benzene rings is 1. The molecule has 1 aromatic carbocycles. The average Bonchev–Trinajstić information content (AvgIpc) is 3.10. The van der Waals surface area contributed by atoms with Gasteiger partial charge in [0.2, 0.25) is 0 Å². The fourth-order valence-corrected chi connectivity index (χ4v) is 1.99. The second-order valence-corrected chi connectivity index (χ2v) is 5.05. The summed E-state index contributed by atoms with van der Waals surface area (Å²) in [6, 6.07) is 8.23. The molecule has 0 aliphatic rings. The van der Waals surface area contributed by atoms with Crippen molar-refractivity contribution in [3.63, 3.8) is 0 Å². The summed E-state index contributed by atoms with van der Waals surface area (Å²) in [6.07, 6.45) is 1.13. The zero-order chi connectivity index (χ0) is 19.8. The van der Waals surface area contributed by atoms with Gasteiger partial charge in [-0.15, -0.1) is 5.10 Å². The van der Waals surface area contributed by atoms with Crippen molar-refractivity contribution < 1.29 is 28.8 Å². The van der Waals surface area contributed by atoms with E-state index in [2.05, 4.69) is 15.3 Å². The molecule has 2 aromatic rings. The number of carbonyl (C=O) groups is 4. The van der Waals surface area contributed by atoms with E-state index >= 15 is 0 Å². The quantitative estimate of drug-likeness (QED) is 0.434. The number of hydrogen-bond acceptors (Lipinski definition) is 7. The van der Waals surface area contributed by atoms with Gasteiger partial charge in [0.15, 0.2) is 5.82 Å². The van der Waals surface area contributed by atoms with E-state index in [0.29, 0.717) is 5.56 Å². The van der Waals surface area contributed by atoms with Crippen molar-refractivity contribution in [1.82, 2.24) is 15.3 Å². The molecule has 142 valence electrons. The highest BCUT2D eigenvalue weighted by Crippen LogP contribution is 2.16. The normalized spacial score (nSPS) is 10.1. The number of rotatable bonds is 6. The standard InChI is InChI=1S/C17H18N4O6/c1-3-26-17(25)12-10-21(16(24)11-8-6-5-7-9-11)19-13(12)18-14(22)15(23)20-27-4-2/h5-10H,3-4H2,1-2H3,(H,20,23)(H,18,19,22). The van der Waals surface area contributed by atoms with Gasteiger partial charge in [-0.25, -0.2) is 15.0 Å². The van der Waals surface area contributed by atoms with Crippen LogP contribution in [0, 0.1) is 0 Å². The maximum atomic E-state index is 12.5. The van der Waals surface area contributed by atoms with Crippen LogP contribution < -0.4 is 10.8 Å². The van der Waals surface area contributed by atoms with Crippen LogP contribution in [0.3, 0.4) is 0 Å². The summed E-state index contributed by atoms with van der Waals surface area (Å²) in [4.78, 5) is 52.7.